The van der Waals surface area contributed by atoms with E-state index < -0.39 is 0 Å². The van der Waals surface area contributed by atoms with E-state index in [4.69, 9.17) is 0 Å². The molecule has 2 rings (SSSR count). The number of halogens is 2. The predicted molar refractivity (Wildman–Crippen MR) is 64.3 cm³/mol. The summed E-state index contributed by atoms with van der Waals surface area (Å²) in [5, 5.41) is 2.72. The van der Waals surface area contributed by atoms with Crippen molar-refractivity contribution in [3.05, 3.63) is 40.1 Å². The first kappa shape index (κ1) is 10.6. The first-order chi connectivity index (χ1) is 7.16. The van der Waals surface area contributed by atoms with Crippen LogP contribution in [0.2, 0.25) is 0 Å². The highest BCUT2D eigenvalue weighted by Crippen LogP contribution is 2.28. The molecule has 0 spiro atoms. The Morgan fingerprint density at radius 2 is 2.27 bits per heavy atom. The van der Waals surface area contributed by atoms with E-state index in [9.17, 15) is 4.39 Å². The Hall–Kier alpha value is -0.940. The van der Waals surface area contributed by atoms with Gasteiger partial charge >= 0.3 is 0 Å². The van der Waals surface area contributed by atoms with Crippen molar-refractivity contribution >= 4 is 38.1 Å². The topological polar surface area (TPSA) is 16.1 Å². The molecular formula is C10H8BrFN2S. The van der Waals surface area contributed by atoms with Crippen LogP contribution < -0.4 is 4.90 Å². The van der Waals surface area contributed by atoms with Gasteiger partial charge in [-0.1, -0.05) is 6.07 Å². The number of benzene rings is 1. The molecule has 2 aromatic rings. The van der Waals surface area contributed by atoms with Gasteiger partial charge in [0.1, 0.15) is 10.4 Å². The minimum absolute atomic E-state index is 0.241. The minimum atomic E-state index is -0.241. The van der Waals surface area contributed by atoms with E-state index in [-0.39, 0.29) is 5.82 Å². The molecule has 1 heterocycles. The molecule has 0 radical (unpaired) electrons. The average molecular weight is 287 g/mol. The highest BCUT2D eigenvalue weighted by atomic mass is 79.9. The van der Waals surface area contributed by atoms with Crippen molar-refractivity contribution in [3.8, 4) is 0 Å². The van der Waals surface area contributed by atoms with E-state index in [0.717, 1.165) is 15.4 Å². The van der Waals surface area contributed by atoms with Crippen LogP contribution in [-0.2, 0) is 0 Å². The normalized spacial score (nSPS) is 10.3. The summed E-state index contributed by atoms with van der Waals surface area (Å²) in [6, 6.07) is 6.44. The molecule has 0 N–H and O–H groups in total. The zero-order valence-corrected chi connectivity index (χ0v) is 10.3. The summed E-state index contributed by atoms with van der Waals surface area (Å²) >= 11 is 4.79. The molecular weight excluding hydrogens is 279 g/mol. The molecule has 1 aromatic carbocycles. The summed E-state index contributed by atoms with van der Waals surface area (Å²) in [6.45, 7) is 0. The van der Waals surface area contributed by atoms with Crippen molar-refractivity contribution in [2.24, 2.45) is 0 Å². The third-order valence-electron chi connectivity index (χ3n) is 1.95. The van der Waals surface area contributed by atoms with Crippen molar-refractivity contribution in [1.29, 1.82) is 0 Å². The lowest BCUT2D eigenvalue weighted by atomic mass is 10.3. The van der Waals surface area contributed by atoms with Gasteiger partial charge in [0.2, 0.25) is 0 Å². The molecule has 0 saturated heterocycles. The lowest BCUT2D eigenvalue weighted by Crippen LogP contribution is -2.08. The second kappa shape index (κ2) is 4.28. The molecule has 0 amide bonds. The summed E-state index contributed by atoms with van der Waals surface area (Å²) in [5.41, 5.74) is 0.789. The molecule has 0 atom stereocenters. The van der Waals surface area contributed by atoms with Crippen LogP contribution in [0.3, 0.4) is 0 Å². The summed E-state index contributed by atoms with van der Waals surface area (Å²) in [7, 11) is 1.86. The standard InChI is InChI=1S/C10H8BrFN2S/c1-14(10-13-9(11)6-15-10)8-4-2-3-7(12)5-8/h2-6H,1H3. The van der Waals surface area contributed by atoms with E-state index in [0.29, 0.717) is 0 Å². The van der Waals surface area contributed by atoms with Gasteiger partial charge in [0.25, 0.3) is 0 Å². The predicted octanol–water partition coefficient (Wildman–Crippen LogP) is 3.81. The first-order valence-electron chi connectivity index (χ1n) is 4.27. The quantitative estimate of drug-likeness (QED) is 0.835. The monoisotopic (exact) mass is 286 g/mol. The Bertz CT molecular complexity index is 472. The molecule has 0 aliphatic rings. The molecule has 1 aromatic heterocycles. The molecule has 78 valence electrons. The van der Waals surface area contributed by atoms with Crippen LogP contribution in [0.5, 0.6) is 0 Å². The van der Waals surface area contributed by atoms with Crippen LogP contribution >= 0.6 is 27.3 Å². The van der Waals surface area contributed by atoms with Crippen LogP contribution in [0.25, 0.3) is 0 Å². The number of thiazole rings is 1. The van der Waals surface area contributed by atoms with Crippen molar-refractivity contribution in [1.82, 2.24) is 4.98 Å². The number of rotatable bonds is 2. The molecule has 0 saturated carbocycles. The maximum Gasteiger partial charge on any atom is 0.190 e. The van der Waals surface area contributed by atoms with Crippen molar-refractivity contribution in [2.45, 2.75) is 0 Å². The lowest BCUT2D eigenvalue weighted by molar-refractivity contribution is 0.628. The van der Waals surface area contributed by atoms with Gasteiger partial charge in [-0.2, -0.15) is 0 Å². The molecule has 2 nitrogen and oxygen atoms in total. The van der Waals surface area contributed by atoms with Gasteiger partial charge in [-0.3, -0.25) is 0 Å². The lowest BCUT2D eigenvalue weighted by Gasteiger charge is -2.15. The van der Waals surface area contributed by atoms with Crippen molar-refractivity contribution in [2.75, 3.05) is 11.9 Å². The highest BCUT2D eigenvalue weighted by molar-refractivity contribution is 9.10. The van der Waals surface area contributed by atoms with E-state index in [1.165, 1.54) is 23.5 Å². The molecule has 0 fully saturated rings. The summed E-state index contributed by atoms with van der Waals surface area (Å²) in [4.78, 5) is 6.10. The SMILES string of the molecule is CN(c1cccc(F)c1)c1nc(Br)cs1. The second-order valence-corrected chi connectivity index (χ2v) is 4.64. The van der Waals surface area contributed by atoms with E-state index in [2.05, 4.69) is 20.9 Å². The zero-order valence-electron chi connectivity index (χ0n) is 7.95. The third kappa shape index (κ3) is 2.35. The third-order valence-corrected chi connectivity index (χ3v) is 3.57. The summed E-state index contributed by atoms with van der Waals surface area (Å²) in [5.74, 6) is -0.241. The zero-order chi connectivity index (χ0) is 10.8. The van der Waals surface area contributed by atoms with Crippen molar-refractivity contribution in [3.63, 3.8) is 0 Å². The maximum atomic E-state index is 13.0. The second-order valence-electron chi connectivity index (χ2n) is 2.99. The number of hydrogen-bond donors (Lipinski definition) is 0. The first-order valence-corrected chi connectivity index (χ1v) is 5.94. The highest BCUT2D eigenvalue weighted by Gasteiger charge is 2.08. The molecule has 15 heavy (non-hydrogen) atoms. The molecule has 0 bridgehead atoms. The van der Waals surface area contributed by atoms with E-state index in [1.54, 1.807) is 6.07 Å². The Kier molecular flexibility index (Phi) is 3.02. The van der Waals surface area contributed by atoms with Gasteiger partial charge in [0, 0.05) is 18.1 Å². The summed E-state index contributed by atoms with van der Waals surface area (Å²) in [6.07, 6.45) is 0. The van der Waals surface area contributed by atoms with E-state index in [1.807, 2.05) is 23.4 Å². The Labute approximate surface area is 99.5 Å². The molecule has 0 aliphatic heterocycles. The smallest absolute Gasteiger partial charge is 0.190 e. The van der Waals surface area contributed by atoms with Gasteiger partial charge in [-0.25, -0.2) is 9.37 Å². The van der Waals surface area contributed by atoms with Crippen LogP contribution in [0.4, 0.5) is 15.2 Å². The van der Waals surface area contributed by atoms with Gasteiger partial charge < -0.3 is 4.90 Å². The van der Waals surface area contributed by atoms with Gasteiger partial charge in [-0.15, -0.1) is 11.3 Å². The Morgan fingerprint density at radius 1 is 1.47 bits per heavy atom. The maximum absolute atomic E-state index is 13.0. The molecule has 0 unspecified atom stereocenters. The van der Waals surface area contributed by atoms with Gasteiger partial charge in [-0.05, 0) is 34.1 Å². The molecule has 5 heteroatoms. The van der Waals surface area contributed by atoms with Gasteiger partial charge in [0.15, 0.2) is 5.13 Å². The van der Waals surface area contributed by atoms with Crippen LogP contribution in [0.1, 0.15) is 0 Å². The van der Waals surface area contributed by atoms with Gasteiger partial charge in [0.05, 0.1) is 0 Å². The molecule has 0 aliphatic carbocycles. The summed E-state index contributed by atoms with van der Waals surface area (Å²) < 4.78 is 13.8. The number of nitrogens with zero attached hydrogens (tertiary/aromatic N) is 2. The van der Waals surface area contributed by atoms with Crippen molar-refractivity contribution < 1.29 is 4.39 Å². The largest absolute Gasteiger partial charge is 0.321 e. The number of anilines is 2. The van der Waals surface area contributed by atoms with E-state index >= 15 is 0 Å². The average Bonchev–Trinajstić information content (AvgIpc) is 2.64. The number of aromatic nitrogens is 1. The van der Waals surface area contributed by atoms with Crippen LogP contribution in [0.15, 0.2) is 34.2 Å². The van der Waals surface area contributed by atoms with Crippen LogP contribution in [-0.4, -0.2) is 12.0 Å². The fourth-order valence-electron chi connectivity index (χ4n) is 1.19. The fraction of sp³-hybridized carbons (Fsp3) is 0.100. The fourth-order valence-corrected chi connectivity index (χ4v) is 2.43. The van der Waals surface area contributed by atoms with Crippen LogP contribution in [0, 0.1) is 5.82 Å². The Balaban J connectivity index is 2.32. The number of hydrogen-bond acceptors (Lipinski definition) is 3. The Morgan fingerprint density at radius 3 is 2.87 bits per heavy atom. The minimum Gasteiger partial charge on any atom is -0.321 e.